The van der Waals surface area contributed by atoms with Crippen LogP contribution in [0.2, 0.25) is 0 Å². The van der Waals surface area contributed by atoms with Crippen molar-refractivity contribution in [1.82, 2.24) is 0 Å². The summed E-state index contributed by atoms with van der Waals surface area (Å²) in [7, 11) is 0. The van der Waals surface area contributed by atoms with E-state index in [1.807, 2.05) is 6.27 Å². The molecule has 0 bridgehead atoms. The first kappa shape index (κ1) is 26.1. The molecule has 0 N–H and O–H groups in total. The van der Waals surface area contributed by atoms with Gasteiger partial charge in [-0.1, -0.05) is 0 Å². The van der Waals surface area contributed by atoms with Gasteiger partial charge in [-0.3, -0.25) is 0 Å². The van der Waals surface area contributed by atoms with E-state index in [0.29, 0.717) is 43.5 Å². The number of benzene rings is 2. The van der Waals surface area contributed by atoms with Gasteiger partial charge in [0.25, 0.3) is 0 Å². The van der Waals surface area contributed by atoms with Crippen molar-refractivity contribution in [2.24, 2.45) is 0 Å². The molecule has 0 aliphatic carbocycles. The van der Waals surface area contributed by atoms with Crippen LogP contribution in [0.1, 0.15) is 102 Å². The zero-order chi connectivity index (χ0) is 24.0. The molecule has 3 heterocycles. The first-order valence-electron chi connectivity index (χ1n) is 14.1. The standard InChI is InChI=1S/C32H40Se3/c1-3-5-7-9-11-13-15-23-17-19-27-25(21-23)29-30-26-22-24(16-14-12-10-8-6-4-2)18-20-28(26)34-32(30)35-31(29)33-27/h17-22H,3-16H2,1-2H3. The van der Waals surface area contributed by atoms with Gasteiger partial charge < -0.3 is 0 Å². The van der Waals surface area contributed by atoms with Crippen molar-refractivity contribution in [3.05, 3.63) is 47.5 Å². The van der Waals surface area contributed by atoms with E-state index < -0.39 is 0 Å². The minimum absolute atomic E-state index is 0.569. The average molecular weight is 662 g/mol. The Labute approximate surface area is 229 Å². The fourth-order valence-corrected chi connectivity index (χ4v) is 17.3. The van der Waals surface area contributed by atoms with E-state index in [9.17, 15) is 0 Å². The monoisotopic (exact) mass is 664 g/mol. The molecule has 5 aromatic rings. The topological polar surface area (TPSA) is 0 Å². The van der Waals surface area contributed by atoms with Gasteiger partial charge in [0.1, 0.15) is 0 Å². The number of rotatable bonds is 14. The summed E-state index contributed by atoms with van der Waals surface area (Å²) in [6.07, 6.45) is 19.2. The Morgan fingerprint density at radius 3 is 1.37 bits per heavy atom. The van der Waals surface area contributed by atoms with Gasteiger partial charge in [0.15, 0.2) is 0 Å². The molecule has 0 spiro atoms. The zero-order valence-corrected chi connectivity index (χ0v) is 26.7. The Morgan fingerprint density at radius 1 is 0.486 bits per heavy atom. The zero-order valence-electron chi connectivity index (χ0n) is 21.6. The van der Waals surface area contributed by atoms with Crippen molar-refractivity contribution in [2.75, 3.05) is 0 Å². The molecular weight excluding hydrogens is 621 g/mol. The van der Waals surface area contributed by atoms with Crippen LogP contribution in [0.3, 0.4) is 0 Å². The Morgan fingerprint density at radius 2 is 0.914 bits per heavy atom. The predicted octanol–water partition coefficient (Wildman–Crippen LogP) is 9.28. The molecular formula is C32H40Se3. The number of hydrogen-bond donors (Lipinski definition) is 0. The minimum atomic E-state index is 0.569. The molecule has 0 atom stereocenters. The van der Waals surface area contributed by atoms with Crippen LogP contribution in [-0.4, -0.2) is 43.5 Å². The molecule has 0 nitrogen and oxygen atoms in total. The average Bonchev–Trinajstić information content (AvgIpc) is 3.50. The van der Waals surface area contributed by atoms with Gasteiger partial charge in [-0.05, 0) is 0 Å². The second kappa shape index (κ2) is 12.8. The van der Waals surface area contributed by atoms with Crippen molar-refractivity contribution in [1.29, 1.82) is 0 Å². The van der Waals surface area contributed by atoms with Crippen molar-refractivity contribution in [2.45, 2.75) is 104 Å². The van der Waals surface area contributed by atoms with Crippen LogP contribution in [-0.2, 0) is 12.8 Å². The number of unbranched alkanes of at least 4 members (excludes halogenated alkanes) is 10. The molecule has 186 valence electrons. The van der Waals surface area contributed by atoms with Crippen LogP contribution in [0.4, 0.5) is 0 Å². The molecule has 0 aliphatic rings. The van der Waals surface area contributed by atoms with Gasteiger partial charge in [0.2, 0.25) is 0 Å². The second-order valence-electron chi connectivity index (χ2n) is 10.3. The first-order chi connectivity index (χ1) is 17.3. The Kier molecular flexibility index (Phi) is 9.56. The van der Waals surface area contributed by atoms with E-state index in [0.717, 1.165) is 0 Å². The van der Waals surface area contributed by atoms with Crippen molar-refractivity contribution in [3.63, 3.8) is 0 Å². The third-order valence-corrected chi connectivity index (χ3v) is 16.8. The van der Waals surface area contributed by atoms with Crippen LogP contribution < -0.4 is 0 Å². The summed E-state index contributed by atoms with van der Waals surface area (Å²) in [6.45, 7) is 4.61. The van der Waals surface area contributed by atoms with Gasteiger partial charge in [-0.2, -0.15) is 0 Å². The fraction of sp³-hybridized carbons (Fsp3) is 0.500. The van der Waals surface area contributed by atoms with Gasteiger partial charge >= 0.3 is 231 Å². The summed E-state index contributed by atoms with van der Waals surface area (Å²) in [4.78, 5) is 0. The number of fused-ring (bicyclic) bond motifs is 7. The third-order valence-electron chi connectivity index (χ3n) is 7.51. The van der Waals surface area contributed by atoms with Crippen LogP contribution >= 0.6 is 0 Å². The van der Waals surface area contributed by atoms with Crippen molar-refractivity contribution >= 4 is 79.8 Å². The van der Waals surface area contributed by atoms with E-state index in [2.05, 4.69) is 50.2 Å². The maximum absolute atomic E-state index is 2.60. The van der Waals surface area contributed by atoms with E-state index >= 15 is 0 Å². The number of aryl methyl sites for hydroxylation is 2. The Bertz CT molecular complexity index is 1280. The first-order valence-corrected chi connectivity index (χ1v) is 19.2. The van der Waals surface area contributed by atoms with Crippen LogP contribution in [0.25, 0.3) is 36.3 Å². The van der Waals surface area contributed by atoms with Crippen molar-refractivity contribution < 1.29 is 0 Å². The molecule has 0 radical (unpaired) electrons. The number of hydrogen-bond acceptors (Lipinski definition) is 0. The fourth-order valence-electron chi connectivity index (χ4n) is 5.48. The van der Waals surface area contributed by atoms with Crippen LogP contribution in [0, 0.1) is 0 Å². The summed E-state index contributed by atoms with van der Waals surface area (Å²) in [5, 5.41) is 6.66. The van der Waals surface area contributed by atoms with Gasteiger partial charge in [-0.25, -0.2) is 0 Å². The normalized spacial score (nSPS) is 12.2. The van der Waals surface area contributed by atoms with E-state index in [1.165, 1.54) is 89.9 Å². The molecule has 0 amide bonds. The molecule has 2 aromatic carbocycles. The van der Waals surface area contributed by atoms with Crippen LogP contribution in [0.5, 0.6) is 0 Å². The molecule has 3 aromatic heterocycles. The predicted molar refractivity (Wildman–Crippen MR) is 161 cm³/mol. The van der Waals surface area contributed by atoms with Gasteiger partial charge in [0, 0.05) is 0 Å². The van der Waals surface area contributed by atoms with Gasteiger partial charge in [0.05, 0.1) is 0 Å². The van der Waals surface area contributed by atoms with Gasteiger partial charge in [-0.15, -0.1) is 0 Å². The van der Waals surface area contributed by atoms with E-state index in [1.54, 1.807) is 41.2 Å². The molecule has 5 rings (SSSR count). The summed E-state index contributed by atoms with van der Waals surface area (Å²) in [5.41, 5.74) is 3.15. The molecule has 3 heteroatoms. The second-order valence-corrected chi connectivity index (χ2v) is 19.5. The molecule has 0 aliphatic heterocycles. The van der Waals surface area contributed by atoms with Crippen LogP contribution in [0.15, 0.2) is 36.4 Å². The SMILES string of the molecule is CCCCCCCCc1ccc2[se]c3[se]c4[se]c5ccc(CCCCCCCC)cc5c4c3c2c1. The summed E-state index contributed by atoms with van der Waals surface area (Å²) in [6, 6.07) is 15.1. The third kappa shape index (κ3) is 6.14. The Balaban J connectivity index is 1.38. The van der Waals surface area contributed by atoms with Crippen molar-refractivity contribution in [3.8, 4) is 0 Å². The maximum atomic E-state index is 2.60. The Hall–Kier alpha value is -0.522. The van der Waals surface area contributed by atoms with E-state index in [4.69, 9.17) is 0 Å². The molecule has 35 heavy (non-hydrogen) atoms. The van der Waals surface area contributed by atoms with E-state index in [-0.39, 0.29) is 0 Å². The summed E-state index contributed by atoms with van der Waals surface area (Å²) in [5.74, 6) is 0. The summed E-state index contributed by atoms with van der Waals surface area (Å²) >= 11 is 1.75. The molecule has 0 saturated heterocycles. The quantitative estimate of drug-likeness (QED) is 0.0823. The molecule has 0 saturated carbocycles. The summed E-state index contributed by atoms with van der Waals surface area (Å²) < 4.78 is 7.00. The molecule has 0 unspecified atom stereocenters. The molecule has 0 fully saturated rings.